The van der Waals surface area contributed by atoms with Crippen molar-refractivity contribution in [2.75, 3.05) is 6.61 Å². The van der Waals surface area contributed by atoms with Crippen molar-refractivity contribution in [3.63, 3.8) is 0 Å². The van der Waals surface area contributed by atoms with E-state index in [-0.39, 0.29) is 58.0 Å². The topological polar surface area (TPSA) is 77.4 Å². The zero-order valence-corrected chi connectivity index (χ0v) is 24.2. The summed E-state index contributed by atoms with van der Waals surface area (Å²) in [6.07, 6.45) is 23.3. The van der Waals surface area contributed by atoms with Gasteiger partial charge in [-0.25, -0.2) is 8.42 Å². The first-order chi connectivity index (χ1) is 14.0. The van der Waals surface area contributed by atoms with E-state index in [4.69, 9.17) is 5.11 Å². The van der Waals surface area contributed by atoms with Gasteiger partial charge in [-0.15, -0.1) is 0 Å². The minimum absolute atomic E-state index is 0. The fourth-order valence-electron chi connectivity index (χ4n) is 4.01. The Morgan fingerprint density at radius 1 is 0.600 bits per heavy atom. The number of hydrogen-bond donors (Lipinski definition) is 1. The van der Waals surface area contributed by atoms with Gasteiger partial charge in [-0.2, -0.15) is 0 Å². The van der Waals surface area contributed by atoms with Crippen LogP contribution in [0.2, 0.25) is 0 Å². The molecular formula is C24H49KO4S. The Morgan fingerprint density at radius 2 is 0.900 bits per heavy atom. The van der Waals surface area contributed by atoms with Gasteiger partial charge in [0.25, 0.3) is 0 Å². The predicted octanol–water partition coefficient (Wildman–Crippen LogP) is 4.11. The van der Waals surface area contributed by atoms with Crippen LogP contribution in [0, 0.1) is 0 Å². The molecule has 6 heteroatoms. The van der Waals surface area contributed by atoms with E-state index in [1.807, 2.05) is 0 Å². The average Bonchev–Trinajstić information content (AvgIpc) is 2.68. The second-order valence-corrected chi connectivity index (χ2v) is 10.4. The van der Waals surface area contributed by atoms with Crippen LogP contribution in [0.25, 0.3) is 0 Å². The fraction of sp³-hybridized carbons (Fsp3) is 1.00. The zero-order chi connectivity index (χ0) is 21.6. The Bertz CT molecular complexity index is 429. The second kappa shape index (κ2) is 25.1. The van der Waals surface area contributed by atoms with E-state index in [0.29, 0.717) is 12.8 Å². The Labute approximate surface area is 230 Å². The molecule has 0 aromatic heterocycles. The SMILES string of the molecule is CCCCCCCCCCCCCCC(CCCCCCCCCO)S(=O)(=O)[O-].[K+]. The molecule has 0 aromatic rings. The van der Waals surface area contributed by atoms with E-state index in [9.17, 15) is 13.0 Å². The van der Waals surface area contributed by atoms with Crippen LogP contribution in [0.15, 0.2) is 0 Å². The van der Waals surface area contributed by atoms with E-state index >= 15 is 0 Å². The van der Waals surface area contributed by atoms with Crippen LogP contribution in [-0.4, -0.2) is 29.9 Å². The molecule has 0 aliphatic heterocycles. The third-order valence-corrected chi connectivity index (χ3v) is 7.26. The van der Waals surface area contributed by atoms with Gasteiger partial charge >= 0.3 is 51.4 Å². The summed E-state index contributed by atoms with van der Waals surface area (Å²) in [7, 11) is -4.16. The molecule has 0 bridgehead atoms. The van der Waals surface area contributed by atoms with Crippen LogP contribution in [-0.2, 0) is 10.1 Å². The maximum atomic E-state index is 11.5. The molecule has 0 spiro atoms. The molecule has 0 rings (SSSR count). The summed E-state index contributed by atoms with van der Waals surface area (Å²) in [4.78, 5) is 0. The van der Waals surface area contributed by atoms with Crippen LogP contribution >= 0.6 is 0 Å². The quantitative estimate of drug-likeness (QED) is 0.138. The third-order valence-electron chi connectivity index (χ3n) is 5.97. The van der Waals surface area contributed by atoms with Crippen molar-refractivity contribution in [1.29, 1.82) is 0 Å². The van der Waals surface area contributed by atoms with Gasteiger partial charge in [-0.3, -0.25) is 0 Å². The first kappa shape index (κ1) is 33.7. The van der Waals surface area contributed by atoms with Crippen LogP contribution in [0.4, 0.5) is 0 Å². The van der Waals surface area contributed by atoms with Gasteiger partial charge in [0.15, 0.2) is 0 Å². The fourth-order valence-corrected chi connectivity index (χ4v) is 4.92. The summed E-state index contributed by atoms with van der Waals surface area (Å²) in [5.74, 6) is 0. The molecule has 4 nitrogen and oxygen atoms in total. The van der Waals surface area contributed by atoms with Crippen molar-refractivity contribution in [2.45, 2.75) is 147 Å². The Kier molecular flexibility index (Phi) is 28.2. The number of unbranched alkanes of at least 4 members (excludes halogenated alkanes) is 17. The number of hydrogen-bond acceptors (Lipinski definition) is 4. The summed E-state index contributed by atoms with van der Waals surface area (Å²) in [5.41, 5.74) is 0. The summed E-state index contributed by atoms with van der Waals surface area (Å²) in [6, 6.07) is 0. The summed E-state index contributed by atoms with van der Waals surface area (Å²) in [5, 5.41) is 8.06. The minimum atomic E-state index is -4.16. The van der Waals surface area contributed by atoms with Crippen molar-refractivity contribution in [3.8, 4) is 0 Å². The second-order valence-electron chi connectivity index (χ2n) is 8.78. The van der Waals surface area contributed by atoms with Crippen molar-refractivity contribution < 1.29 is 69.5 Å². The molecule has 0 aromatic carbocycles. The van der Waals surface area contributed by atoms with Crippen LogP contribution < -0.4 is 51.4 Å². The summed E-state index contributed by atoms with van der Waals surface area (Å²) >= 11 is 0. The van der Waals surface area contributed by atoms with Gasteiger partial charge in [0.05, 0.1) is 10.1 Å². The molecule has 0 amide bonds. The Hall–Kier alpha value is 1.51. The molecule has 1 unspecified atom stereocenters. The first-order valence-electron chi connectivity index (χ1n) is 12.6. The van der Waals surface area contributed by atoms with E-state index in [2.05, 4.69) is 6.92 Å². The molecule has 0 saturated heterocycles. The molecule has 0 radical (unpaired) electrons. The van der Waals surface area contributed by atoms with Crippen LogP contribution in [0.1, 0.15) is 142 Å². The van der Waals surface area contributed by atoms with E-state index in [1.54, 1.807) is 0 Å². The molecule has 0 saturated carbocycles. The molecule has 0 fully saturated rings. The van der Waals surface area contributed by atoms with E-state index in [0.717, 1.165) is 64.2 Å². The molecular weight excluding hydrogens is 423 g/mol. The number of aliphatic hydroxyl groups is 1. The summed E-state index contributed by atoms with van der Waals surface area (Å²) < 4.78 is 34.6. The van der Waals surface area contributed by atoms with Gasteiger partial charge in [0.1, 0.15) is 0 Å². The molecule has 0 aliphatic rings. The van der Waals surface area contributed by atoms with Crippen molar-refractivity contribution in [3.05, 3.63) is 0 Å². The maximum Gasteiger partial charge on any atom is 1.00 e. The molecule has 176 valence electrons. The van der Waals surface area contributed by atoms with Gasteiger partial charge in [0.2, 0.25) is 0 Å². The van der Waals surface area contributed by atoms with Crippen LogP contribution in [0.3, 0.4) is 0 Å². The molecule has 30 heavy (non-hydrogen) atoms. The number of aliphatic hydroxyl groups excluding tert-OH is 1. The molecule has 0 aliphatic carbocycles. The molecule has 1 N–H and O–H groups in total. The van der Waals surface area contributed by atoms with Gasteiger partial charge in [0, 0.05) is 11.9 Å². The summed E-state index contributed by atoms with van der Waals surface area (Å²) in [6.45, 7) is 2.51. The van der Waals surface area contributed by atoms with Crippen molar-refractivity contribution in [1.82, 2.24) is 0 Å². The predicted molar refractivity (Wildman–Crippen MR) is 123 cm³/mol. The van der Waals surface area contributed by atoms with Gasteiger partial charge < -0.3 is 9.66 Å². The smallest absolute Gasteiger partial charge is 0.748 e. The average molecular weight is 473 g/mol. The Balaban J connectivity index is 0. The monoisotopic (exact) mass is 472 g/mol. The molecule has 0 heterocycles. The van der Waals surface area contributed by atoms with Gasteiger partial charge in [-0.1, -0.05) is 122 Å². The van der Waals surface area contributed by atoms with E-state index in [1.165, 1.54) is 57.8 Å². The molecule has 1 atom stereocenters. The Morgan fingerprint density at radius 3 is 1.20 bits per heavy atom. The first-order valence-corrected chi connectivity index (χ1v) is 14.0. The number of rotatable bonds is 23. The standard InChI is InChI=1S/C24H50O4S.K/c1-2-3-4-5-6-7-8-9-10-12-15-18-21-24(29(26,27)28)22-19-16-13-11-14-17-20-23-25;/h24-25H,2-23H2,1H3,(H,26,27,28);/q;+1/p-1. The van der Waals surface area contributed by atoms with Gasteiger partial charge in [-0.05, 0) is 19.3 Å². The largest absolute Gasteiger partial charge is 1.00 e. The van der Waals surface area contributed by atoms with Crippen molar-refractivity contribution in [2.24, 2.45) is 0 Å². The van der Waals surface area contributed by atoms with Crippen LogP contribution in [0.5, 0.6) is 0 Å². The third kappa shape index (κ3) is 24.2. The van der Waals surface area contributed by atoms with Crippen molar-refractivity contribution >= 4 is 10.1 Å². The maximum absolute atomic E-state index is 11.5. The normalized spacial score (nSPS) is 12.6. The van der Waals surface area contributed by atoms with E-state index < -0.39 is 15.4 Å². The minimum Gasteiger partial charge on any atom is -0.748 e. The zero-order valence-electron chi connectivity index (χ0n) is 20.2.